The number of carbonyl (C=O) groups is 1. The SMILES string of the molecule is CCCCOC(=O)c1cc2c(C)nc(N)nc2n([C@H]2CC[C@H](O)CC2)c1=O. The van der Waals surface area contributed by atoms with Crippen molar-refractivity contribution in [1.29, 1.82) is 0 Å². The average molecular weight is 374 g/mol. The van der Waals surface area contributed by atoms with Crippen LogP contribution in [0.1, 0.15) is 67.5 Å². The maximum absolute atomic E-state index is 13.2. The first-order chi connectivity index (χ1) is 12.9. The molecule has 2 aromatic rings. The van der Waals surface area contributed by atoms with Crippen molar-refractivity contribution in [3.05, 3.63) is 27.7 Å². The van der Waals surface area contributed by atoms with Gasteiger partial charge in [-0.15, -0.1) is 0 Å². The third-order valence-corrected chi connectivity index (χ3v) is 5.08. The van der Waals surface area contributed by atoms with Crippen LogP contribution in [-0.2, 0) is 4.74 Å². The summed E-state index contributed by atoms with van der Waals surface area (Å²) in [4.78, 5) is 34.1. The Balaban J connectivity index is 2.13. The largest absolute Gasteiger partial charge is 0.462 e. The molecule has 0 spiro atoms. The highest BCUT2D eigenvalue weighted by Gasteiger charge is 2.27. The summed E-state index contributed by atoms with van der Waals surface area (Å²) >= 11 is 0. The third-order valence-electron chi connectivity index (χ3n) is 5.08. The molecule has 27 heavy (non-hydrogen) atoms. The molecule has 0 saturated heterocycles. The predicted molar refractivity (Wildman–Crippen MR) is 102 cm³/mol. The molecule has 1 saturated carbocycles. The fourth-order valence-electron chi connectivity index (χ4n) is 3.56. The Bertz CT molecular complexity index is 901. The van der Waals surface area contributed by atoms with Gasteiger partial charge in [0.05, 0.1) is 18.4 Å². The molecule has 8 heteroatoms. The van der Waals surface area contributed by atoms with Crippen molar-refractivity contribution in [3.63, 3.8) is 0 Å². The van der Waals surface area contributed by atoms with Crippen molar-refractivity contribution in [3.8, 4) is 0 Å². The van der Waals surface area contributed by atoms with E-state index in [9.17, 15) is 14.7 Å². The summed E-state index contributed by atoms with van der Waals surface area (Å²) in [5.41, 5.74) is 6.39. The Morgan fingerprint density at radius 3 is 2.70 bits per heavy atom. The minimum absolute atomic E-state index is 0.0128. The summed E-state index contributed by atoms with van der Waals surface area (Å²) in [6.07, 6.45) is 3.75. The molecule has 3 rings (SSSR count). The summed E-state index contributed by atoms with van der Waals surface area (Å²) in [5.74, 6) is -0.543. The molecule has 1 aliphatic carbocycles. The van der Waals surface area contributed by atoms with Gasteiger partial charge in [0.15, 0.2) is 0 Å². The Morgan fingerprint density at radius 2 is 2.04 bits per heavy atom. The number of fused-ring (bicyclic) bond motifs is 1. The van der Waals surface area contributed by atoms with E-state index in [1.165, 1.54) is 6.07 Å². The number of aromatic nitrogens is 3. The van der Waals surface area contributed by atoms with Gasteiger partial charge in [0.25, 0.3) is 5.56 Å². The van der Waals surface area contributed by atoms with E-state index < -0.39 is 11.5 Å². The number of hydrogen-bond acceptors (Lipinski definition) is 7. The van der Waals surface area contributed by atoms with Crippen molar-refractivity contribution >= 4 is 23.0 Å². The zero-order valence-electron chi connectivity index (χ0n) is 15.8. The van der Waals surface area contributed by atoms with Crippen LogP contribution in [0.25, 0.3) is 11.0 Å². The predicted octanol–water partition coefficient (Wildman–Crippen LogP) is 2.12. The quantitative estimate of drug-likeness (QED) is 0.607. The molecule has 0 unspecified atom stereocenters. The summed E-state index contributed by atoms with van der Waals surface area (Å²) in [5, 5.41) is 10.4. The standard InChI is InChI=1S/C19H26N4O4/c1-3-4-9-27-18(26)15-10-14-11(2)21-19(20)22-16(14)23(17(15)25)12-5-7-13(24)8-6-12/h10,12-13,24H,3-9H2,1-2H3,(H2,20,21,22)/t12-,13-. The van der Waals surface area contributed by atoms with Gasteiger partial charge in [0, 0.05) is 11.4 Å². The minimum atomic E-state index is -0.629. The van der Waals surface area contributed by atoms with E-state index in [1.54, 1.807) is 11.5 Å². The second-order valence-electron chi connectivity index (χ2n) is 7.09. The Hall–Kier alpha value is -2.48. The maximum Gasteiger partial charge on any atom is 0.343 e. The van der Waals surface area contributed by atoms with Gasteiger partial charge in [-0.05, 0) is 45.1 Å². The number of nitrogen functional groups attached to an aromatic ring is 1. The molecule has 1 fully saturated rings. The Morgan fingerprint density at radius 1 is 1.33 bits per heavy atom. The number of nitrogens with two attached hydrogens (primary N) is 1. The molecule has 2 heterocycles. The summed E-state index contributed by atoms with van der Waals surface area (Å²) in [7, 11) is 0. The molecule has 8 nitrogen and oxygen atoms in total. The second-order valence-corrected chi connectivity index (χ2v) is 7.09. The fraction of sp³-hybridized carbons (Fsp3) is 0.579. The van der Waals surface area contributed by atoms with Crippen LogP contribution in [0.2, 0.25) is 0 Å². The molecule has 0 aliphatic heterocycles. The summed E-state index contributed by atoms with van der Waals surface area (Å²) < 4.78 is 6.81. The van der Waals surface area contributed by atoms with Gasteiger partial charge in [0.1, 0.15) is 11.2 Å². The van der Waals surface area contributed by atoms with E-state index in [0.29, 0.717) is 42.4 Å². The monoisotopic (exact) mass is 374 g/mol. The number of esters is 1. The molecule has 3 N–H and O–H groups in total. The van der Waals surface area contributed by atoms with E-state index >= 15 is 0 Å². The molecule has 146 valence electrons. The highest BCUT2D eigenvalue weighted by molar-refractivity contribution is 5.93. The molecule has 0 aromatic carbocycles. The van der Waals surface area contributed by atoms with Crippen molar-refractivity contribution in [2.45, 2.75) is 64.5 Å². The van der Waals surface area contributed by atoms with Crippen LogP contribution < -0.4 is 11.3 Å². The number of aliphatic hydroxyl groups is 1. The van der Waals surface area contributed by atoms with Crippen LogP contribution in [0.15, 0.2) is 10.9 Å². The van der Waals surface area contributed by atoms with E-state index in [4.69, 9.17) is 10.5 Å². The molecule has 0 bridgehead atoms. The van der Waals surface area contributed by atoms with Crippen LogP contribution in [0.3, 0.4) is 0 Å². The highest BCUT2D eigenvalue weighted by atomic mass is 16.5. The summed E-state index contributed by atoms with van der Waals surface area (Å²) in [6.45, 7) is 4.05. The van der Waals surface area contributed by atoms with Gasteiger partial charge in [-0.1, -0.05) is 13.3 Å². The normalized spacial score (nSPS) is 20.0. The Labute approximate surface area is 157 Å². The maximum atomic E-state index is 13.2. The van der Waals surface area contributed by atoms with Gasteiger partial charge in [-0.25, -0.2) is 9.78 Å². The first-order valence-electron chi connectivity index (χ1n) is 9.47. The zero-order valence-corrected chi connectivity index (χ0v) is 15.8. The Kier molecular flexibility index (Phi) is 5.74. The van der Waals surface area contributed by atoms with E-state index in [1.807, 2.05) is 6.92 Å². The molecule has 0 radical (unpaired) electrons. The lowest BCUT2D eigenvalue weighted by Gasteiger charge is -2.28. The van der Waals surface area contributed by atoms with E-state index in [2.05, 4.69) is 9.97 Å². The minimum Gasteiger partial charge on any atom is -0.462 e. The highest BCUT2D eigenvalue weighted by Crippen LogP contribution is 2.30. The number of pyridine rings is 1. The zero-order chi connectivity index (χ0) is 19.6. The lowest BCUT2D eigenvalue weighted by atomic mass is 9.92. The number of unbranched alkanes of at least 4 members (excludes halogenated alkanes) is 1. The van der Waals surface area contributed by atoms with Crippen LogP contribution in [-0.4, -0.2) is 38.3 Å². The lowest BCUT2D eigenvalue weighted by molar-refractivity contribution is 0.0496. The fourth-order valence-corrected chi connectivity index (χ4v) is 3.56. The number of carbonyl (C=O) groups excluding carboxylic acids is 1. The lowest BCUT2D eigenvalue weighted by Crippen LogP contribution is -2.34. The number of nitrogens with zero attached hydrogens (tertiary/aromatic N) is 3. The van der Waals surface area contributed by atoms with Crippen LogP contribution >= 0.6 is 0 Å². The molecule has 0 amide bonds. The van der Waals surface area contributed by atoms with Crippen molar-refractivity contribution < 1.29 is 14.6 Å². The third kappa shape index (κ3) is 3.95. The first kappa shape index (κ1) is 19.3. The molecule has 1 aliphatic rings. The number of aryl methyl sites for hydroxylation is 1. The topological polar surface area (TPSA) is 120 Å². The first-order valence-corrected chi connectivity index (χ1v) is 9.47. The van der Waals surface area contributed by atoms with Crippen molar-refractivity contribution in [2.24, 2.45) is 0 Å². The van der Waals surface area contributed by atoms with Gasteiger partial charge in [0.2, 0.25) is 5.95 Å². The van der Waals surface area contributed by atoms with Gasteiger partial charge >= 0.3 is 5.97 Å². The van der Waals surface area contributed by atoms with Crippen molar-refractivity contribution in [2.75, 3.05) is 12.3 Å². The van der Waals surface area contributed by atoms with Crippen LogP contribution in [0, 0.1) is 6.92 Å². The number of aliphatic hydroxyl groups excluding tert-OH is 1. The second kappa shape index (κ2) is 8.04. The van der Waals surface area contributed by atoms with E-state index in [0.717, 1.165) is 12.8 Å². The van der Waals surface area contributed by atoms with Crippen molar-refractivity contribution in [1.82, 2.24) is 14.5 Å². The number of hydrogen-bond donors (Lipinski definition) is 2. The average Bonchev–Trinajstić information content (AvgIpc) is 2.62. The van der Waals surface area contributed by atoms with Crippen LogP contribution in [0.4, 0.5) is 5.95 Å². The molecular formula is C19H26N4O4. The number of rotatable bonds is 5. The smallest absolute Gasteiger partial charge is 0.343 e. The van der Waals surface area contributed by atoms with Gasteiger partial charge in [-0.3, -0.25) is 9.36 Å². The number of anilines is 1. The van der Waals surface area contributed by atoms with Gasteiger partial charge < -0.3 is 15.6 Å². The van der Waals surface area contributed by atoms with Crippen LogP contribution in [0.5, 0.6) is 0 Å². The molecular weight excluding hydrogens is 348 g/mol. The summed E-state index contributed by atoms with van der Waals surface area (Å²) in [6, 6.07) is 1.36. The van der Waals surface area contributed by atoms with Gasteiger partial charge in [-0.2, -0.15) is 4.98 Å². The number of ether oxygens (including phenoxy) is 1. The van der Waals surface area contributed by atoms with E-state index in [-0.39, 0.29) is 30.3 Å². The molecule has 2 aromatic heterocycles. The molecule has 0 atom stereocenters.